The zero-order valence-corrected chi connectivity index (χ0v) is 8.21. The smallest absolute Gasteiger partial charge is 0.0564 e. The summed E-state index contributed by atoms with van der Waals surface area (Å²) in [4.78, 5) is 2.43. The first-order valence-electron chi connectivity index (χ1n) is 5.37. The van der Waals surface area contributed by atoms with Crippen molar-refractivity contribution in [3.05, 3.63) is 0 Å². The predicted octanol–water partition coefficient (Wildman–Crippen LogP) is 0.324. The number of hydrogen-bond donors (Lipinski definition) is 2. The Morgan fingerprint density at radius 3 is 2.46 bits per heavy atom. The molecule has 13 heavy (non-hydrogen) atoms. The Balaban J connectivity index is 1.65. The van der Waals surface area contributed by atoms with Crippen molar-refractivity contribution in [3.63, 3.8) is 0 Å². The number of hydrogen-bond acceptors (Lipinski definition) is 3. The molecule has 0 atom stereocenters. The Bertz CT molecular complexity index is 172. The highest BCUT2D eigenvalue weighted by atomic mass is 16.3. The maximum Gasteiger partial charge on any atom is 0.0564 e. The fourth-order valence-corrected chi connectivity index (χ4v) is 1.93. The van der Waals surface area contributed by atoms with Crippen LogP contribution in [0.25, 0.3) is 0 Å². The Labute approximate surface area is 79.9 Å². The first kappa shape index (κ1) is 9.44. The Hall–Kier alpha value is -0.120. The van der Waals surface area contributed by atoms with Crippen LogP contribution in [0.2, 0.25) is 0 Å². The third-order valence-corrected chi connectivity index (χ3v) is 3.38. The van der Waals surface area contributed by atoms with Gasteiger partial charge in [0.1, 0.15) is 0 Å². The molecule has 1 heterocycles. The van der Waals surface area contributed by atoms with Gasteiger partial charge in [-0.1, -0.05) is 0 Å². The van der Waals surface area contributed by atoms with Crippen LogP contribution in [0, 0.1) is 0 Å². The summed E-state index contributed by atoms with van der Waals surface area (Å²) in [5, 5.41) is 9.32. The van der Waals surface area contributed by atoms with Crippen molar-refractivity contribution in [2.75, 3.05) is 19.6 Å². The van der Waals surface area contributed by atoms with E-state index in [1.54, 1.807) is 0 Å². The van der Waals surface area contributed by atoms with Gasteiger partial charge in [0.05, 0.1) is 6.10 Å². The highest BCUT2D eigenvalue weighted by Gasteiger charge is 2.37. The van der Waals surface area contributed by atoms with E-state index >= 15 is 0 Å². The quantitative estimate of drug-likeness (QED) is 0.664. The molecule has 76 valence electrons. The van der Waals surface area contributed by atoms with Crippen molar-refractivity contribution in [2.45, 2.75) is 43.7 Å². The number of nitrogens with two attached hydrogens (primary N) is 1. The van der Waals surface area contributed by atoms with Gasteiger partial charge in [-0.15, -0.1) is 0 Å². The van der Waals surface area contributed by atoms with Crippen molar-refractivity contribution < 1.29 is 5.11 Å². The molecule has 1 aliphatic carbocycles. The van der Waals surface area contributed by atoms with Gasteiger partial charge in [0, 0.05) is 18.6 Å². The van der Waals surface area contributed by atoms with Crippen LogP contribution >= 0.6 is 0 Å². The minimum Gasteiger partial charge on any atom is -0.393 e. The van der Waals surface area contributed by atoms with E-state index in [0.717, 1.165) is 38.9 Å². The highest BCUT2D eigenvalue weighted by molar-refractivity contribution is 4.99. The van der Waals surface area contributed by atoms with E-state index in [9.17, 15) is 5.11 Å². The molecule has 2 fully saturated rings. The third-order valence-electron chi connectivity index (χ3n) is 3.38. The number of piperidine rings is 1. The normalized spacial score (nSPS) is 29.1. The molecule has 1 saturated carbocycles. The molecule has 2 aliphatic rings. The highest BCUT2D eigenvalue weighted by Crippen LogP contribution is 2.35. The van der Waals surface area contributed by atoms with E-state index in [1.807, 2.05) is 0 Å². The number of aliphatic hydroxyl groups excluding tert-OH is 1. The summed E-state index contributed by atoms with van der Waals surface area (Å²) in [7, 11) is 0. The molecule has 0 bridgehead atoms. The fraction of sp³-hybridized carbons (Fsp3) is 1.00. The monoisotopic (exact) mass is 184 g/mol. The molecule has 0 amide bonds. The van der Waals surface area contributed by atoms with Crippen LogP contribution in [0.4, 0.5) is 0 Å². The van der Waals surface area contributed by atoms with Crippen molar-refractivity contribution >= 4 is 0 Å². The first-order valence-corrected chi connectivity index (χ1v) is 5.37. The summed E-state index contributed by atoms with van der Waals surface area (Å²) in [6.07, 6.45) is 5.40. The zero-order valence-electron chi connectivity index (χ0n) is 8.21. The van der Waals surface area contributed by atoms with Crippen LogP contribution in [-0.2, 0) is 0 Å². The first-order chi connectivity index (χ1) is 6.18. The molecule has 3 heteroatoms. The number of rotatable bonds is 3. The number of likely N-dealkylation sites (tertiary alicyclic amines) is 1. The molecule has 0 aromatic heterocycles. The van der Waals surface area contributed by atoms with E-state index in [1.165, 1.54) is 12.8 Å². The number of nitrogens with zero attached hydrogens (tertiary/aromatic N) is 1. The van der Waals surface area contributed by atoms with Crippen molar-refractivity contribution in [2.24, 2.45) is 5.73 Å². The summed E-state index contributed by atoms with van der Waals surface area (Å²) in [5.41, 5.74) is 6.21. The minimum absolute atomic E-state index is 0.0518. The standard InChI is InChI=1S/C10H20N2O/c11-10(3-4-10)5-8-12-6-1-9(13)2-7-12/h9,13H,1-8,11H2. The molecule has 2 rings (SSSR count). The fourth-order valence-electron chi connectivity index (χ4n) is 1.93. The van der Waals surface area contributed by atoms with Gasteiger partial charge in [0.15, 0.2) is 0 Å². The second kappa shape index (κ2) is 3.56. The lowest BCUT2D eigenvalue weighted by Gasteiger charge is -2.30. The van der Waals surface area contributed by atoms with Gasteiger partial charge in [-0.05, 0) is 38.6 Å². The van der Waals surface area contributed by atoms with Gasteiger partial charge in [0.25, 0.3) is 0 Å². The minimum atomic E-state index is -0.0518. The lowest BCUT2D eigenvalue weighted by atomic mass is 10.1. The molecule has 0 aromatic carbocycles. The SMILES string of the molecule is NC1(CCN2CCC(O)CC2)CC1. The van der Waals surface area contributed by atoms with Crippen LogP contribution in [0.15, 0.2) is 0 Å². The maximum atomic E-state index is 9.32. The molecule has 3 N–H and O–H groups in total. The third kappa shape index (κ3) is 2.66. The summed E-state index contributed by atoms with van der Waals surface area (Å²) < 4.78 is 0. The van der Waals surface area contributed by atoms with Crippen molar-refractivity contribution in [3.8, 4) is 0 Å². The van der Waals surface area contributed by atoms with Gasteiger partial charge >= 0.3 is 0 Å². The van der Waals surface area contributed by atoms with Crippen LogP contribution < -0.4 is 5.73 Å². The average Bonchev–Trinajstić information content (AvgIpc) is 2.84. The Morgan fingerprint density at radius 1 is 1.31 bits per heavy atom. The molecular formula is C10H20N2O. The average molecular weight is 184 g/mol. The van der Waals surface area contributed by atoms with Gasteiger partial charge in [0.2, 0.25) is 0 Å². The van der Waals surface area contributed by atoms with E-state index in [-0.39, 0.29) is 11.6 Å². The number of aliphatic hydroxyl groups is 1. The second-order valence-corrected chi connectivity index (χ2v) is 4.69. The largest absolute Gasteiger partial charge is 0.393 e. The summed E-state index contributed by atoms with van der Waals surface area (Å²) in [6.45, 7) is 3.23. The van der Waals surface area contributed by atoms with Crippen LogP contribution in [-0.4, -0.2) is 41.3 Å². The predicted molar refractivity (Wildman–Crippen MR) is 52.5 cm³/mol. The molecular weight excluding hydrogens is 164 g/mol. The van der Waals surface area contributed by atoms with Crippen LogP contribution in [0.1, 0.15) is 32.1 Å². The van der Waals surface area contributed by atoms with Crippen molar-refractivity contribution in [1.82, 2.24) is 4.90 Å². The summed E-state index contributed by atoms with van der Waals surface area (Å²) >= 11 is 0. The Kier molecular flexibility index (Phi) is 2.58. The molecule has 1 aliphatic heterocycles. The van der Waals surface area contributed by atoms with Gasteiger partial charge < -0.3 is 15.7 Å². The molecule has 0 aromatic rings. The van der Waals surface area contributed by atoms with Gasteiger partial charge in [-0.2, -0.15) is 0 Å². The van der Waals surface area contributed by atoms with Gasteiger partial charge in [-0.25, -0.2) is 0 Å². The van der Waals surface area contributed by atoms with Gasteiger partial charge in [-0.3, -0.25) is 0 Å². The van der Waals surface area contributed by atoms with Crippen LogP contribution in [0.3, 0.4) is 0 Å². The summed E-state index contributed by atoms with van der Waals surface area (Å²) in [5.74, 6) is 0. The maximum absolute atomic E-state index is 9.32. The van der Waals surface area contributed by atoms with Crippen LogP contribution in [0.5, 0.6) is 0 Å². The molecule has 0 spiro atoms. The second-order valence-electron chi connectivity index (χ2n) is 4.69. The lowest BCUT2D eigenvalue weighted by Crippen LogP contribution is -2.38. The van der Waals surface area contributed by atoms with E-state index in [2.05, 4.69) is 4.90 Å². The van der Waals surface area contributed by atoms with E-state index in [4.69, 9.17) is 5.73 Å². The summed E-state index contributed by atoms with van der Waals surface area (Å²) in [6, 6.07) is 0. The molecule has 0 unspecified atom stereocenters. The van der Waals surface area contributed by atoms with E-state index < -0.39 is 0 Å². The zero-order chi connectivity index (χ0) is 9.31. The molecule has 3 nitrogen and oxygen atoms in total. The molecule has 0 radical (unpaired) electrons. The van der Waals surface area contributed by atoms with E-state index in [0.29, 0.717) is 0 Å². The Morgan fingerprint density at radius 2 is 1.92 bits per heavy atom. The van der Waals surface area contributed by atoms with Crippen molar-refractivity contribution in [1.29, 1.82) is 0 Å². The molecule has 1 saturated heterocycles. The topological polar surface area (TPSA) is 49.5 Å². The lowest BCUT2D eigenvalue weighted by molar-refractivity contribution is 0.0809.